The van der Waals surface area contributed by atoms with Crippen LogP contribution in [0.3, 0.4) is 0 Å². The molecule has 1 aromatic heterocycles. The van der Waals surface area contributed by atoms with Crippen molar-refractivity contribution < 1.29 is 9.90 Å². The molecule has 0 unspecified atom stereocenters. The third-order valence-corrected chi connectivity index (χ3v) is 4.73. The van der Waals surface area contributed by atoms with Gasteiger partial charge in [-0.25, -0.2) is 0 Å². The molecule has 0 bridgehead atoms. The summed E-state index contributed by atoms with van der Waals surface area (Å²) >= 11 is 1.27. The number of nitrogens with zero attached hydrogens (tertiary/aromatic N) is 3. The summed E-state index contributed by atoms with van der Waals surface area (Å²) in [5, 5.41) is 18.0. The molecular weight excluding hydrogens is 262 g/mol. The second kappa shape index (κ2) is 5.94. The Balaban J connectivity index is 2.29. The molecule has 1 aliphatic carbocycles. The van der Waals surface area contributed by atoms with Gasteiger partial charge in [-0.3, -0.25) is 4.79 Å². The molecular formula is C13H21N3O2S. The van der Waals surface area contributed by atoms with Crippen LogP contribution in [-0.4, -0.2) is 31.6 Å². The lowest BCUT2D eigenvalue weighted by atomic mass is 9.83. The molecule has 1 saturated carbocycles. The zero-order chi connectivity index (χ0) is 13.9. The molecule has 1 aliphatic rings. The Hall–Kier alpha value is -1.04. The second-order valence-electron chi connectivity index (χ2n) is 5.33. The quantitative estimate of drug-likeness (QED) is 0.841. The minimum absolute atomic E-state index is 0.0396. The smallest absolute Gasteiger partial charge is 0.313 e. The molecule has 0 spiro atoms. The molecule has 1 aromatic rings. The zero-order valence-electron chi connectivity index (χ0n) is 11.6. The summed E-state index contributed by atoms with van der Waals surface area (Å²) in [4.78, 5) is 10.7. The Labute approximate surface area is 117 Å². The number of hydrogen-bond acceptors (Lipinski definition) is 4. The lowest BCUT2D eigenvalue weighted by molar-refractivity contribution is -0.133. The van der Waals surface area contributed by atoms with Crippen molar-refractivity contribution in [2.24, 2.45) is 0 Å². The normalized spacial score (nSPS) is 18.4. The molecule has 0 amide bonds. The van der Waals surface area contributed by atoms with Crippen LogP contribution in [0, 0.1) is 0 Å². The second-order valence-corrected chi connectivity index (χ2v) is 6.27. The number of aromatic nitrogens is 3. The summed E-state index contributed by atoms with van der Waals surface area (Å²) in [7, 11) is 0. The first-order valence-corrected chi connectivity index (χ1v) is 7.85. The van der Waals surface area contributed by atoms with Crippen LogP contribution in [-0.2, 0) is 16.8 Å². The van der Waals surface area contributed by atoms with E-state index in [0.29, 0.717) is 0 Å². The van der Waals surface area contributed by atoms with Crippen molar-refractivity contribution in [1.29, 1.82) is 0 Å². The molecule has 0 radical (unpaired) electrons. The number of thioether (sulfide) groups is 1. The third-order valence-electron chi connectivity index (χ3n) is 3.81. The fourth-order valence-corrected chi connectivity index (χ4v) is 3.63. The van der Waals surface area contributed by atoms with Gasteiger partial charge < -0.3 is 9.67 Å². The molecule has 0 aliphatic heterocycles. The standard InChI is InChI=1S/C13H21N3O2S/c1-3-10-14-15-12(19-9-11(17)18)16(10)13(2)7-5-4-6-8-13/h3-9H2,1-2H3,(H,17,18). The van der Waals surface area contributed by atoms with Crippen molar-refractivity contribution in [2.45, 2.75) is 63.1 Å². The first-order valence-electron chi connectivity index (χ1n) is 6.86. The van der Waals surface area contributed by atoms with Crippen molar-refractivity contribution in [1.82, 2.24) is 14.8 Å². The number of aliphatic carboxylic acids is 1. The van der Waals surface area contributed by atoms with Crippen molar-refractivity contribution in [3.8, 4) is 0 Å². The summed E-state index contributed by atoms with van der Waals surface area (Å²) in [5.41, 5.74) is 0.0495. The third kappa shape index (κ3) is 3.11. The minimum atomic E-state index is -0.814. The van der Waals surface area contributed by atoms with Crippen molar-refractivity contribution in [2.75, 3.05) is 5.75 Å². The van der Waals surface area contributed by atoms with Crippen LogP contribution in [0.25, 0.3) is 0 Å². The lowest BCUT2D eigenvalue weighted by Gasteiger charge is -2.36. The summed E-state index contributed by atoms with van der Waals surface area (Å²) in [6.07, 6.45) is 6.81. The van der Waals surface area contributed by atoms with E-state index in [4.69, 9.17) is 5.11 Å². The van der Waals surface area contributed by atoms with Crippen LogP contribution in [0.2, 0.25) is 0 Å². The number of carboxylic acids is 1. The summed E-state index contributed by atoms with van der Waals surface area (Å²) in [6.45, 7) is 4.32. The molecule has 6 heteroatoms. The Morgan fingerprint density at radius 2 is 2.05 bits per heavy atom. The van der Waals surface area contributed by atoms with Gasteiger partial charge in [0.1, 0.15) is 5.82 Å². The zero-order valence-corrected chi connectivity index (χ0v) is 12.4. The molecule has 0 saturated heterocycles. The highest BCUT2D eigenvalue weighted by atomic mass is 32.2. The van der Waals surface area contributed by atoms with E-state index < -0.39 is 5.97 Å². The average Bonchev–Trinajstić information content (AvgIpc) is 2.81. The van der Waals surface area contributed by atoms with Gasteiger partial charge in [0.2, 0.25) is 0 Å². The van der Waals surface area contributed by atoms with E-state index in [0.717, 1.165) is 30.2 Å². The van der Waals surface area contributed by atoms with Gasteiger partial charge in [-0.2, -0.15) is 0 Å². The van der Waals surface area contributed by atoms with E-state index in [-0.39, 0.29) is 11.3 Å². The van der Waals surface area contributed by atoms with E-state index in [1.54, 1.807) is 0 Å². The maximum atomic E-state index is 10.7. The fourth-order valence-electron chi connectivity index (χ4n) is 2.83. The highest BCUT2D eigenvalue weighted by Crippen LogP contribution is 2.38. The van der Waals surface area contributed by atoms with Crippen LogP contribution >= 0.6 is 11.8 Å². The van der Waals surface area contributed by atoms with Crippen LogP contribution in [0.15, 0.2) is 5.16 Å². The van der Waals surface area contributed by atoms with Gasteiger partial charge in [0, 0.05) is 12.0 Å². The number of hydrogen-bond donors (Lipinski definition) is 1. The van der Waals surface area contributed by atoms with Crippen molar-refractivity contribution in [3.63, 3.8) is 0 Å². The van der Waals surface area contributed by atoms with Gasteiger partial charge in [-0.05, 0) is 19.8 Å². The molecule has 5 nitrogen and oxygen atoms in total. The van der Waals surface area contributed by atoms with E-state index in [1.165, 1.54) is 31.0 Å². The number of carboxylic acid groups (broad SMARTS) is 1. The van der Waals surface area contributed by atoms with Gasteiger partial charge in [0.15, 0.2) is 5.16 Å². The van der Waals surface area contributed by atoms with Crippen LogP contribution < -0.4 is 0 Å². The molecule has 0 atom stereocenters. The summed E-state index contributed by atoms with van der Waals surface area (Å²) in [6, 6.07) is 0. The Morgan fingerprint density at radius 3 is 2.63 bits per heavy atom. The molecule has 0 aromatic carbocycles. The minimum Gasteiger partial charge on any atom is -0.481 e. The number of rotatable bonds is 5. The Bertz CT molecular complexity index is 453. The number of carbonyl (C=O) groups is 1. The van der Waals surface area contributed by atoms with E-state index in [9.17, 15) is 4.79 Å². The van der Waals surface area contributed by atoms with E-state index in [1.807, 2.05) is 0 Å². The molecule has 106 valence electrons. The highest BCUT2D eigenvalue weighted by molar-refractivity contribution is 7.99. The lowest BCUT2D eigenvalue weighted by Crippen LogP contribution is -2.34. The molecule has 19 heavy (non-hydrogen) atoms. The summed E-state index contributed by atoms with van der Waals surface area (Å²) < 4.78 is 2.19. The van der Waals surface area contributed by atoms with Crippen LogP contribution in [0.1, 0.15) is 51.8 Å². The fraction of sp³-hybridized carbons (Fsp3) is 0.769. The first-order chi connectivity index (χ1) is 9.07. The number of aryl methyl sites for hydroxylation is 1. The van der Waals surface area contributed by atoms with Crippen LogP contribution in [0.4, 0.5) is 0 Å². The van der Waals surface area contributed by atoms with Gasteiger partial charge in [-0.1, -0.05) is 37.9 Å². The Morgan fingerprint density at radius 1 is 1.37 bits per heavy atom. The predicted octanol–water partition coefficient (Wildman–Crippen LogP) is 2.70. The van der Waals surface area contributed by atoms with Gasteiger partial charge >= 0.3 is 5.97 Å². The molecule has 1 fully saturated rings. The van der Waals surface area contributed by atoms with Crippen LogP contribution in [0.5, 0.6) is 0 Å². The highest BCUT2D eigenvalue weighted by Gasteiger charge is 2.33. The first kappa shape index (κ1) is 14.4. The SMILES string of the molecule is CCc1nnc(SCC(=O)O)n1C1(C)CCCCC1. The molecule has 2 rings (SSSR count). The largest absolute Gasteiger partial charge is 0.481 e. The molecule has 1 heterocycles. The van der Waals surface area contributed by atoms with Gasteiger partial charge in [0.05, 0.1) is 5.75 Å². The maximum Gasteiger partial charge on any atom is 0.313 e. The monoisotopic (exact) mass is 283 g/mol. The topological polar surface area (TPSA) is 68.0 Å². The van der Waals surface area contributed by atoms with E-state index >= 15 is 0 Å². The van der Waals surface area contributed by atoms with Crippen molar-refractivity contribution in [3.05, 3.63) is 5.82 Å². The summed E-state index contributed by atoms with van der Waals surface area (Å²) in [5.74, 6) is 0.196. The maximum absolute atomic E-state index is 10.7. The van der Waals surface area contributed by atoms with Crippen molar-refractivity contribution >= 4 is 17.7 Å². The predicted molar refractivity (Wildman–Crippen MR) is 74.5 cm³/mol. The molecule has 1 N–H and O–H groups in total. The van der Waals surface area contributed by atoms with Gasteiger partial charge in [-0.15, -0.1) is 10.2 Å². The Kier molecular flexibility index (Phi) is 4.50. The van der Waals surface area contributed by atoms with Gasteiger partial charge in [0.25, 0.3) is 0 Å². The average molecular weight is 283 g/mol. The van der Waals surface area contributed by atoms with E-state index in [2.05, 4.69) is 28.6 Å².